The minimum absolute atomic E-state index is 0.147. The van der Waals surface area contributed by atoms with Crippen LogP contribution >= 0.6 is 0 Å². The molecule has 2 heteroatoms. The Morgan fingerprint density at radius 1 is 1.44 bits per heavy atom. The van der Waals surface area contributed by atoms with Crippen LogP contribution in [-0.4, -0.2) is 12.8 Å². The van der Waals surface area contributed by atoms with Crippen molar-refractivity contribution < 1.29 is 0 Å². The van der Waals surface area contributed by atoms with Gasteiger partial charge in [0, 0.05) is 18.7 Å². The molecule has 0 aliphatic rings. The molecule has 0 aromatic heterocycles. The van der Waals surface area contributed by atoms with Crippen LogP contribution in [0.3, 0.4) is 0 Å². The van der Waals surface area contributed by atoms with Gasteiger partial charge in [0.05, 0.1) is 6.07 Å². The Morgan fingerprint density at radius 2 is 2.19 bits per heavy atom. The van der Waals surface area contributed by atoms with Crippen LogP contribution < -0.4 is 0 Å². The van der Waals surface area contributed by atoms with Crippen molar-refractivity contribution in [2.75, 3.05) is 6.54 Å². The summed E-state index contributed by atoms with van der Waals surface area (Å²) in [5.41, 5.74) is 2.42. The fourth-order valence-electron chi connectivity index (χ4n) is 1.45. The third kappa shape index (κ3) is 4.27. The summed E-state index contributed by atoms with van der Waals surface area (Å²) in [6.45, 7) is 4.84. The van der Waals surface area contributed by atoms with Gasteiger partial charge >= 0.3 is 0 Å². The minimum atomic E-state index is 0.147. The van der Waals surface area contributed by atoms with E-state index in [2.05, 4.69) is 30.1 Å². The Hall–Kier alpha value is -1.62. The summed E-state index contributed by atoms with van der Waals surface area (Å²) in [6, 6.07) is 10.4. The number of hydrogen-bond acceptors (Lipinski definition) is 2. The molecule has 0 heterocycles. The largest absolute Gasteiger partial charge is 0.293 e. The maximum atomic E-state index is 8.62. The number of aliphatic imine (C=N–C) groups is 1. The molecule has 2 nitrogen and oxygen atoms in total. The van der Waals surface area contributed by atoms with Crippen molar-refractivity contribution in [2.24, 2.45) is 10.9 Å². The molecule has 0 aliphatic carbocycles. The van der Waals surface area contributed by atoms with E-state index < -0.39 is 0 Å². The van der Waals surface area contributed by atoms with Gasteiger partial charge in [0.25, 0.3) is 0 Å². The summed E-state index contributed by atoms with van der Waals surface area (Å²) in [5.74, 6) is 0.147. The zero-order chi connectivity index (χ0) is 11.8. The third-order valence-electron chi connectivity index (χ3n) is 2.56. The van der Waals surface area contributed by atoms with Crippen molar-refractivity contribution in [3.63, 3.8) is 0 Å². The summed E-state index contributed by atoms with van der Waals surface area (Å²) < 4.78 is 0. The maximum absolute atomic E-state index is 8.62. The highest BCUT2D eigenvalue weighted by Gasteiger charge is 1.97. The zero-order valence-corrected chi connectivity index (χ0v) is 9.98. The van der Waals surface area contributed by atoms with Gasteiger partial charge in [-0.1, -0.05) is 24.3 Å². The second kappa shape index (κ2) is 6.79. The quantitative estimate of drug-likeness (QED) is 0.547. The Morgan fingerprint density at radius 3 is 2.88 bits per heavy atom. The van der Waals surface area contributed by atoms with Crippen LogP contribution in [0, 0.1) is 24.2 Å². The summed E-state index contributed by atoms with van der Waals surface area (Å²) in [7, 11) is 0. The smallest absolute Gasteiger partial charge is 0.0652 e. The predicted molar refractivity (Wildman–Crippen MR) is 67.7 cm³/mol. The molecule has 0 N–H and O–H groups in total. The Bertz CT molecular complexity index is 388. The van der Waals surface area contributed by atoms with Crippen molar-refractivity contribution in [1.82, 2.24) is 0 Å². The molecule has 0 spiro atoms. The van der Waals surface area contributed by atoms with E-state index in [4.69, 9.17) is 5.26 Å². The lowest BCUT2D eigenvalue weighted by atomic mass is 10.1. The van der Waals surface area contributed by atoms with Gasteiger partial charge in [0.2, 0.25) is 0 Å². The predicted octanol–water partition coefficient (Wildman–Crippen LogP) is 3.35. The Kier molecular flexibility index (Phi) is 5.28. The van der Waals surface area contributed by atoms with Crippen molar-refractivity contribution >= 4 is 6.21 Å². The Labute approximate surface area is 97.6 Å². The van der Waals surface area contributed by atoms with Gasteiger partial charge in [0.15, 0.2) is 0 Å². The lowest BCUT2D eigenvalue weighted by Gasteiger charge is -2.00. The number of hydrogen-bond donors (Lipinski definition) is 0. The van der Waals surface area contributed by atoms with Gasteiger partial charge in [-0.2, -0.15) is 5.26 Å². The van der Waals surface area contributed by atoms with Crippen LogP contribution in [0.1, 0.15) is 30.9 Å². The highest BCUT2D eigenvalue weighted by molar-refractivity contribution is 5.81. The summed E-state index contributed by atoms with van der Waals surface area (Å²) in [6.07, 6.45) is 3.84. The molecule has 0 fully saturated rings. The number of nitriles is 1. The molecule has 16 heavy (non-hydrogen) atoms. The third-order valence-corrected chi connectivity index (χ3v) is 2.56. The first-order valence-corrected chi connectivity index (χ1v) is 5.69. The fourth-order valence-corrected chi connectivity index (χ4v) is 1.45. The van der Waals surface area contributed by atoms with Crippen LogP contribution in [0.2, 0.25) is 0 Å². The lowest BCUT2D eigenvalue weighted by Crippen LogP contribution is -1.93. The van der Waals surface area contributed by atoms with E-state index in [1.54, 1.807) is 0 Å². The maximum Gasteiger partial charge on any atom is 0.0652 e. The number of rotatable bonds is 5. The summed E-state index contributed by atoms with van der Waals surface area (Å²) >= 11 is 0. The first kappa shape index (κ1) is 12.4. The topological polar surface area (TPSA) is 36.1 Å². The molecule has 0 radical (unpaired) electrons. The van der Waals surface area contributed by atoms with E-state index in [1.807, 2.05) is 25.3 Å². The van der Waals surface area contributed by atoms with Crippen LogP contribution in [0.5, 0.6) is 0 Å². The van der Waals surface area contributed by atoms with E-state index >= 15 is 0 Å². The molecular formula is C14H18N2. The van der Waals surface area contributed by atoms with Crippen LogP contribution in [0.25, 0.3) is 0 Å². The van der Waals surface area contributed by atoms with Crippen LogP contribution in [0.4, 0.5) is 0 Å². The highest BCUT2D eigenvalue weighted by Crippen LogP contribution is 2.05. The molecule has 1 unspecified atom stereocenters. The van der Waals surface area contributed by atoms with Crippen LogP contribution in [0.15, 0.2) is 29.3 Å². The fraction of sp³-hybridized carbons (Fsp3) is 0.429. The number of benzene rings is 1. The normalized spacial score (nSPS) is 12.6. The molecular weight excluding hydrogens is 196 g/mol. The molecule has 0 amide bonds. The minimum Gasteiger partial charge on any atom is -0.293 e. The zero-order valence-electron chi connectivity index (χ0n) is 9.98. The average molecular weight is 214 g/mol. The monoisotopic (exact) mass is 214 g/mol. The average Bonchev–Trinajstić information content (AvgIpc) is 2.30. The molecule has 0 bridgehead atoms. The van der Waals surface area contributed by atoms with Crippen molar-refractivity contribution in [3.05, 3.63) is 35.4 Å². The SMILES string of the molecule is Cc1ccccc1/C=N/CCCC(C)C#N. The molecule has 0 aliphatic heterocycles. The standard InChI is InChI=1S/C14H18N2/c1-12(10-15)6-5-9-16-11-14-8-4-3-7-13(14)2/h3-4,7-8,11-12H,5-6,9H2,1-2H3/b16-11+. The van der Waals surface area contributed by atoms with Crippen molar-refractivity contribution in [3.8, 4) is 6.07 Å². The van der Waals surface area contributed by atoms with Gasteiger partial charge < -0.3 is 0 Å². The highest BCUT2D eigenvalue weighted by atomic mass is 14.7. The van der Waals surface area contributed by atoms with Gasteiger partial charge in [-0.25, -0.2) is 0 Å². The molecule has 1 aromatic rings. The lowest BCUT2D eigenvalue weighted by molar-refractivity contribution is 0.625. The molecule has 0 saturated carbocycles. The van der Waals surface area contributed by atoms with E-state index in [9.17, 15) is 0 Å². The van der Waals surface area contributed by atoms with E-state index in [0.717, 1.165) is 19.4 Å². The van der Waals surface area contributed by atoms with Gasteiger partial charge in [-0.15, -0.1) is 0 Å². The number of aryl methyl sites for hydroxylation is 1. The first-order chi connectivity index (χ1) is 7.74. The molecule has 84 valence electrons. The van der Waals surface area contributed by atoms with Crippen molar-refractivity contribution in [1.29, 1.82) is 5.26 Å². The molecule has 1 atom stereocenters. The molecule has 1 aromatic carbocycles. The second-order valence-electron chi connectivity index (χ2n) is 4.06. The van der Waals surface area contributed by atoms with E-state index in [0.29, 0.717) is 0 Å². The van der Waals surface area contributed by atoms with E-state index in [-0.39, 0.29) is 5.92 Å². The number of nitrogens with zero attached hydrogens (tertiary/aromatic N) is 2. The van der Waals surface area contributed by atoms with Gasteiger partial charge in [-0.3, -0.25) is 4.99 Å². The summed E-state index contributed by atoms with van der Waals surface area (Å²) in [5, 5.41) is 8.62. The second-order valence-corrected chi connectivity index (χ2v) is 4.06. The van der Waals surface area contributed by atoms with Crippen molar-refractivity contribution in [2.45, 2.75) is 26.7 Å². The Balaban J connectivity index is 2.33. The summed E-state index contributed by atoms with van der Waals surface area (Å²) in [4.78, 5) is 4.37. The van der Waals surface area contributed by atoms with Gasteiger partial charge in [0.1, 0.15) is 0 Å². The molecule has 0 saturated heterocycles. The van der Waals surface area contributed by atoms with Crippen LogP contribution in [-0.2, 0) is 0 Å². The van der Waals surface area contributed by atoms with Gasteiger partial charge in [-0.05, 0) is 37.8 Å². The van der Waals surface area contributed by atoms with E-state index in [1.165, 1.54) is 11.1 Å². The molecule has 1 rings (SSSR count). The first-order valence-electron chi connectivity index (χ1n) is 5.69.